The van der Waals surface area contributed by atoms with Gasteiger partial charge in [0, 0.05) is 5.92 Å². The summed E-state index contributed by atoms with van der Waals surface area (Å²) in [5, 5.41) is 9.24. The topological polar surface area (TPSA) is 20.2 Å². The van der Waals surface area contributed by atoms with Crippen LogP contribution in [0.15, 0.2) is 0 Å². The molecule has 1 N–H and O–H groups in total. The van der Waals surface area contributed by atoms with Crippen molar-refractivity contribution in [3.8, 4) is 0 Å². The highest BCUT2D eigenvalue weighted by atomic mass is 19.4. The summed E-state index contributed by atoms with van der Waals surface area (Å²) in [6, 6.07) is 0. The molecule has 2 rings (SSSR count). The molecule has 0 amide bonds. The molecule has 2 fully saturated rings. The highest BCUT2D eigenvalue weighted by molar-refractivity contribution is 5.10. The Bertz CT molecular complexity index is 293. The van der Waals surface area contributed by atoms with E-state index in [0.29, 0.717) is 6.42 Å². The van der Waals surface area contributed by atoms with Crippen LogP contribution in [0.3, 0.4) is 0 Å². The standard InChI is InChI=1S/C10H11F6O/c11-9(12,13)8(17,10(14,15)16)7-4-5-1-2-6(7)3-5/h1,5-7,17H,2-4H2. The Balaban J connectivity index is 2.35. The Morgan fingerprint density at radius 2 is 1.47 bits per heavy atom. The number of hydrogen-bond donors (Lipinski definition) is 1. The molecule has 0 aromatic carbocycles. The van der Waals surface area contributed by atoms with E-state index in [1.165, 1.54) is 0 Å². The molecule has 17 heavy (non-hydrogen) atoms. The zero-order valence-corrected chi connectivity index (χ0v) is 8.65. The quantitative estimate of drug-likeness (QED) is 0.719. The van der Waals surface area contributed by atoms with Crippen molar-refractivity contribution in [1.29, 1.82) is 0 Å². The van der Waals surface area contributed by atoms with E-state index in [0.717, 1.165) is 0 Å². The van der Waals surface area contributed by atoms with Gasteiger partial charge in [0.1, 0.15) is 0 Å². The highest BCUT2D eigenvalue weighted by Gasteiger charge is 2.75. The zero-order chi connectivity index (χ0) is 13.1. The Morgan fingerprint density at radius 1 is 0.941 bits per heavy atom. The third kappa shape index (κ3) is 1.73. The summed E-state index contributed by atoms with van der Waals surface area (Å²) >= 11 is 0. The third-order valence-corrected chi connectivity index (χ3v) is 3.90. The molecule has 0 aliphatic heterocycles. The molecule has 0 spiro atoms. The van der Waals surface area contributed by atoms with E-state index in [4.69, 9.17) is 0 Å². The maximum atomic E-state index is 12.6. The summed E-state index contributed by atoms with van der Waals surface area (Å²) in [6.45, 7) is 0. The van der Waals surface area contributed by atoms with Crippen molar-refractivity contribution in [1.82, 2.24) is 0 Å². The molecule has 0 aromatic heterocycles. The average Bonchev–Trinajstić information content (AvgIpc) is 2.73. The summed E-state index contributed by atoms with van der Waals surface area (Å²) < 4.78 is 75.6. The van der Waals surface area contributed by atoms with Crippen LogP contribution in [0.5, 0.6) is 0 Å². The normalized spacial score (nSPS) is 34.4. The fourth-order valence-corrected chi connectivity index (χ4v) is 3.08. The van der Waals surface area contributed by atoms with Gasteiger partial charge < -0.3 is 5.11 Å². The lowest BCUT2D eigenvalue weighted by Gasteiger charge is -2.40. The van der Waals surface area contributed by atoms with E-state index >= 15 is 0 Å². The first kappa shape index (κ1) is 13.0. The molecule has 2 aliphatic carbocycles. The van der Waals surface area contributed by atoms with Crippen LogP contribution in [-0.2, 0) is 0 Å². The number of rotatable bonds is 1. The van der Waals surface area contributed by atoms with Crippen molar-refractivity contribution in [2.45, 2.75) is 37.2 Å². The zero-order valence-electron chi connectivity index (χ0n) is 8.65. The minimum Gasteiger partial charge on any atom is -0.373 e. The van der Waals surface area contributed by atoms with Crippen LogP contribution in [0.2, 0.25) is 0 Å². The van der Waals surface area contributed by atoms with Crippen molar-refractivity contribution in [3.63, 3.8) is 0 Å². The van der Waals surface area contributed by atoms with Gasteiger partial charge in [-0.2, -0.15) is 26.3 Å². The first-order valence-electron chi connectivity index (χ1n) is 5.26. The van der Waals surface area contributed by atoms with Crippen molar-refractivity contribution in [2.24, 2.45) is 17.8 Å². The molecule has 1 nitrogen and oxygen atoms in total. The molecule has 2 saturated carbocycles. The first-order chi connectivity index (χ1) is 7.57. The number of halogens is 6. The van der Waals surface area contributed by atoms with E-state index in [1.807, 2.05) is 0 Å². The third-order valence-electron chi connectivity index (χ3n) is 3.90. The van der Waals surface area contributed by atoms with Crippen molar-refractivity contribution in [3.05, 3.63) is 6.42 Å². The van der Waals surface area contributed by atoms with E-state index in [2.05, 4.69) is 0 Å². The summed E-state index contributed by atoms with van der Waals surface area (Å²) in [5.41, 5.74) is -4.56. The van der Waals surface area contributed by atoms with Gasteiger partial charge in [-0.3, -0.25) is 0 Å². The van der Waals surface area contributed by atoms with Gasteiger partial charge in [0.05, 0.1) is 0 Å². The molecule has 0 saturated heterocycles. The summed E-state index contributed by atoms with van der Waals surface area (Å²) in [5.74, 6) is -2.70. The smallest absolute Gasteiger partial charge is 0.373 e. The predicted molar refractivity (Wildman–Crippen MR) is 45.7 cm³/mol. The van der Waals surface area contributed by atoms with Gasteiger partial charge in [-0.05, 0) is 37.5 Å². The monoisotopic (exact) mass is 261 g/mol. The van der Waals surface area contributed by atoms with Gasteiger partial charge in [0.25, 0.3) is 5.60 Å². The minimum absolute atomic E-state index is 0.221. The van der Waals surface area contributed by atoms with Crippen LogP contribution >= 0.6 is 0 Å². The van der Waals surface area contributed by atoms with Gasteiger partial charge >= 0.3 is 12.4 Å². The fourth-order valence-electron chi connectivity index (χ4n) is 3.08. The van der Waals surface area contributed by atoms with Gasteiger partial charge in [-0.15, -0.1) is 0 Å². The van der Waals surface area contributed by atoms with Crippen LogP contribution in [0.25, 0.3) is 0 Å². The lowest BCUT2D eigenvalue weighted by molar-refractivity contribution is -0.388. The van der Waals surface area contributed by atoms with Gasteiger partial charge in [0.2, 0.25) is 0 Å². The summed E-state index contributed by atoms with van der Waals surface area (Å²) in [4.78, 5) is 0. The fraction of sp³-hybridized carbons (Fsp3) is 0.900. The largest absolute Gasteiger partial charge is 0.426 e. The second-order valence-corrected chi connectivity index (χ2v) is 4.83. The lowest BCUT2D eigenvalue weighted by Crippen LogP contribution is -2.62. The average molecular weight is 261 g/mol. The maximum absolute atomic E-state index is 12.6. The molecule has 3 unspecified atom stereocenters. The van der Waals surface area contributed by atoms with Gasteiger partial charge in [-0.1, -0.05) is 0 Å². The van der Waals surface area contributed by atoms with Crippen LogP contribution in [-0.4, -0.2) is 23.1 Å². The molecule has 1 radical (unpaired) electrons. The van der Waals surface area contributed by atoms with E-state index < -0.39 is 29.8 Å². The SMILES string of the molecule is OC(C1CC2[CH]CC1C2)(C(F)(F)F)C(F)(F)F. The first-order valence-corrected chi connectivity index (χ1v) is 5.26. The van der Waals surface area contributed by atoms with Crippen LogP contribution in [0.1, 0.15) is 19.3 Å². The number of hydrogen-bond acceptors (Lipinski definition) is 1. The summed E-state index contributed by atoms with van der Waals surface area (Å²) in [6.07, 6.45) is -9.31. The lowest BCUT2D eigenvalue weighted by atomic mass is 9.75. The van der Waals surface area contributed by atoms with E-state index in [-0.39, 0.29) is 18.8 Å². The molecular formula is C10H11F6O. The number of alkyl halides is 6. The maximum Gasteiger partial charge on any atom is 0.426 e. The minimum atomic E-state index is -5.68. The number of fused-ring (bicyclic) bond motifs is 2. The molecular weight excluding hydrogens is 250 g/mol. The van der Waals surface area contributed by atoms with Gasteiger partial charge in [0.15, 0.2) is 0 Å². The van der Waals surface area contributed by atoms with Gasteiger partial charge in [-0.25, -0.2) is 0 Å². The highest BCUT2D eigenvalue weighted by Crippen LogP contribution is 2.59. The van der Waals surface area contributed by atoms with Crippen LogP contribution < -0.4 is 0 Å². The molecule has 7 heteroatoms. The molecule has 99 valence electrons. The van der Waals surface area contributed by atoms with Crippen molar-refractivity contribution in [2.75, 3.05) is 0 Å². The predicted octanol–water partition coefficient (Wildman–Crippen LogP) is 3.09. The van der Waals surface area contributed by atoms with E-state index in [1.54, 1.807) is 6.42 Å². The Labute approximate surface area is 93.8 Å². The second-order valence-electron chi connectivity index (χ2n) is 4.83. The molecule has 0 aromatic rings. The molecule has 0 heterocycles. The van der Waals surface area contributed by atoms with E-state index in [9.17, 15) is 31.4 Å². The molecule has 2 bridgehead atoms. The second kappa shape index (κ2) is 3.52. The summed E-state index contributed by atoms with van der Waals surface area (Å²) in [7, 11) is 0. The molecule has 2 aliphatic rings. The Hall–Kier alpha value is -0.460. The number of aliphatic hydroxyl groups is 1. The van der Waals surface area contributed by atoms with Crippen molar-refractivity contribution < 1.29 is 31.4 Å². The van der Waals surface area contributed by atoms with Crippen LogP contribution in [0.4, 0.5) is 26.3 Å². The Morgan fingerprint density at radius 3 is 1.76 bits per heavy atom. The van der Waals surface area contributed by atoms with Crippen LogP contribution in [0, 0.1) is 24.2 Å². The van der Waals surface area contributed by atoms with Crippen molar-refractivity contribution >= 4 is 0 Å². The Kier molecular flexibility index (Phi) is 2.69. The molecule has 3 atom stereocenters.